The van der Waals surface area contributed by atoms with Crippen LogP contribution >= 0.6 is 0 Å². The van der Waals surface area contributed by atoms with Crippen LogP contribution in [0.5, 0.6) is 0 Å². The number of aliphatic carboxylic acids is 1. The molecule has 2 N–H and O–H groups in total. The van der Waals surface area contributed by atoms with Crippen LogP contribution in [-0.4, -0.2) is 45.4 Å². The fourth-order valence-electron chi connectivity index (χ4n) is 2.82. The SMILES string of the molecule is CC(C)(C)OC(=O)Nc1ccc2c(c1)CN(C(=O)OC(C)(C)C)C(C(=O)O)C2. The number of hydrogen-bond acceptors (Lipinski definition) is 5. The lowest BCUT2D eigenvalue weighted by atomic mass is 9.93. The minimum absolute atomic E-state index is 0.0745. The Balaban J connectivity index is 2.23. The lowest BCUT2D eigenvalue weighted by Gasteiger charge is -2.35. The van der Waals surface area contributed by atoms with Crippen molar-refractivity contribution in [1.29, 1.82) is 0 Å². The molecule has 0 radical (unpaired) electrons. The minimum atomic E-state index is -1.09. The van der Waals surface area contributed by atoms with E-state index < -0.39 is 35.4 Å². The van der Waals surface area contributed by atoms with E-state index in [2.05, 4.69) is 5.32 Å². The van der Waals surface area contributed by atoms with E-state index in [1.807, 2.05) is 0 Å². The second-order valence-electron chi connectivity index (χ2n) is 8.78. The van der Waals surface area contributed by atoms with Crippen LogP contribution in [0, 0.1) is 0 Å². The van der Waals surface area contributed by atoms with Gasteiger partial charge in [-0.05, 0) is 64.8 Å². The van der Waals surface area contributed by atoms with E-state index >= 15 is 0 Å². The van der Waals surface area contributed by atoms with Crippen molar-refractivity contribution < 1.29 is 29.0 Å². The summed E-state index contributed by atoms with van der Waals surface area (Å²) in [6, 6.07) is 4.15. The molecule has 1 aromatic carbocycles. The van der Waals surface area contributed by atoms with E-state index in [-0.39, 0.29) is 13.0 Å². The van der Waals surface area contributed by atoms with Crippen molar-refractivity contribution in [2.24, 2.45) is 0 Å². The molecule has 28 heavy (non-hydrogen) atoms. The highest BCUT2D eigenvalue weighted by atomic mass is 16.6. The highest BCUT2D eigenvalue weighted by Gasteiger charge is 2.37. The molecule has 1 atom stereocenters. The summed E-state index contributed by atoms with van der Waals surface area (Å²) in [4.78, 5) is 37.3. The van der Waals surface area contributed by atoms with Crippen LogP contribution in [0.25, 0.3) is 0 Å². The van der Waals surface area contributed by atoms with E-state index in [4.69, 9.17) is 9.47 Å². The maximum absolute atomic E-state index is 12.5. The first-order chi connectivity index (χ1) is 12.7. The number of carboxylic acids is 1. The van der Waals surface area contributed by atoms with Crippen molar-refractivity contribution in [3.05, 3.63) is 29.3 Å². The van der Waals surface area contributed by atoms with Crippen molar-refractivity contribution in [2.75, 3.05) is 5.32 Å². The van der Waals surface area contributed by atoms with Gasteiger partial charge in [0.1, 0.15) is 17.2 Å². The van der Waals surface area contributed by atoms with Gasteiger partial charge in [0.05, 0.1) is 6.54 Å². The van der Waals surface area contributed by atoms with Crippen LogP contribution in [-0.2, 0) is 27.2 Å². The Morgan fingerprint density at radius 1 is 1.04 bits per heavy atom. The maximum Gasteiger partial charge on any atom is 0.412 e. The molecule has 0 saturated carbocycles. The Morgan fingerprint density at radius 3 is 2.18 bits per heavy atom. The topological polar surface area (TPSA) is 105 Å². The summed E-state index contributed by atoms with van der Waals surface area (Å²) in [5, 5.41) is 12.2. The Bertz CT molecular complexity index is 776. The summed E-state index contributed by atoms with van der Waals surface area (Å²) in [6.45, 7) is 10.5. The number of amides is 2. The molecule has 1 aromatic rings. The number of carboxylic acid groups (broad SMARTS) is 1. The van der Waals surface area contributed by atoms with Crippen LogP contribution < -0.4 is 5.32 Å². The van der Waals surface area contributed by atoms with Gasteiger partial charge in [0.25, 0.3) is 0 Å². The summed E-state index contributed by atoms with van der Waals surface area (Å²) in [6.07, 6.45) is -1.11. The molecule has 0 saturated heterocycles. The zero-order chi connectivity index (χ0) is 21.3. The van der Waals surface area contributed by atoms with Crippen molar-refractivity contribution in [1.82, 2.24) is 4.90 Å². The number of hydrogen-bond donors (Lipinski definition) is 2. The van der Waals surface area contributed by atoms with Gasteiger partial charge in [-0.15, -0.1) is 0 Å². The quantitative estimate of drug-likeness (QED) is 0.793. The smallest absolute Gasteiger partial charge is 0.412 e. The standard InChI is InChI=1S/C20H28N2O6/c1-19(2,3)27-17(25)21-14-8-7-12-10-15(16(23)24)22(11-13(12)9-14)18(26)28-20(4,5)6/h7-9,15H,10-11H2,1-6H3,(H,21,25)(H,23,24). The minimum Gasteiger partial charge on any atom is -0.480 e. The first-order valence-electron chi connectivity index (χ1n) is 9.09. The first kappa shape index (κ1) is 21.5. The molecule has 0 aromatic heterocycles. The van der Waals surface area contributed by atoms with Crippen LogP contribution in [0.2, 0.25) is 0 Å². The molecule has 2 amide bonds. The summed E-state index contributed by atoms with van der Waals surface area (Å²) in [7, 11) is 0. The summed E-state index contributed by atoms with van der Waals surface area (Å²) >= 11 is 0. The fourth-order valence-corrected chi connectivity index (χ4v) is 2.82. The fraction of sp³-hybridized carbons (Fsp3) is 0.550. The molecule has 0 fully saturated rings. The zero-order valence-electron chi connectivity index (χ0n) is 17.2. The third-order valence-corrected chi connectivity index (χ3v) is 3.89. The molecular weight excluding hydrogens is 364 g/mol. The maximum atomic E-state index is 12.5. The lowest BCUT2D eigenvalue weighted by Crippen LogP contribution is -2.50. The molecule has 1 aliphatic heterocycles. The Labute approximate surface area is 164 Å². The number of ether oxygens (including phenoxy) is 2. The van der Waals surface area contributed by atoms with Crippen LogP contribution in [0.1, 0.15) is 52.7 Å². The van der Waals surface area contributed by atoms with Gasteiger partial charge in [0.15, 0.2) is 0 Å². The molecule has 8 heteroatoms. The highest BCUT2D eigenvalue weighted by Crippen LogP contribution is 2.28. The summed E-state index contributed by atoms with van der Waals surface area (Å²) in [5.74, 6) is -1.09. The number of rotatable bonds is 2. The van der Waals surface area contributed by atoms with Gasteiger partial charge in [-0.3, -0.25) is 10.2 Å². The average molecular weight is 392 g/mol. The van der Waals surface area contributed by atoms with Gasteiger partial charge in [0.2, 0.25) is 0 Å². The second-order valence-corrected chi connectivity index (χ2v) is 8.78. The lowest BCUT2D eigenvalue weighted by molar-refractivity contribution is -0.143. The summed E-state index contributed by atoms with van der Waals surface area (Å²) < 4.78 is 10.6. The number of nitrogens with one attached hydrogen (secondary N) is 1. The largest absolute Gasteiger partial charge is 0.480 e. The Morgan fingerprint density at radius 2 is 1.64 bits per heavy atom. The van der Waals surface area contributed by atoms with E-state index in [1.165, 1.54) is 4.90 Å². The number of anilines is 1. The van der Waals surface area contributed by atoms with E-state index in [0.29, 0.717) is 5.69 Å². The van der Waals surface area contributed by atoms with Crippen molar-refractivity contribution in [2.45, 2.75) is 71.8 Å². The third-order valence-electron chi connectivity index (χ3n) is 3.89. The number of nitrogens with zero attached hydrogens (tertiary/aromatic N) is 1. The molecular formula is C20H28N2O6. The molecule has 154 valence electrons. The molecule has 8 nitrogen and oxygen atoms in total. The number of fused-ring (bicyclic) bond motifs is 1. The molecule has 1 heterocycles. The molecule has 0 bridgehead atoms. The predicted octanol–water partition coefficient (Wildman–Crippen LogP) is 3.78. The van der Waals surface area contributed by atoms with Gasteiger partial charge in [-0.25, -0.2) is 14.4 Å². The molecule has 0 spiro atoms. The highest BCUT2D eigenvalue weighted by molar-refractivity contribution is 5.85. The van der Waals surface area contributed by atoms with Crippen molar-refractivity contribution in [3.8, 4) is 0 Å². The second kappa shape index (κ2) is 7.69. The predicted molar refractivity (Wildman–Crippen MR) is 103 cm³/mol. The van der Waals surface area contributed by atoms with Gasteiger partial charge in [-0.1, -0.05) is 6.07 Å². The van der Waals surface area contributed by atoms with E-state index in [9.17, 15) is 19.5 Å². The zero-order valence-corrected chi connectivity index (χ0v) is 17.2. The monoisotopic (exact) mass is 392 g/mol. The van der Waals surface area contributed by atoms with Crippen molar-refractivity contribution >= 4 is 23.8 Å². The number of carbonyl (C=O) groups excluding carboxylic acids is 2. The van der Waals surface area contributed by atoms with Gasteiger partial charge in [0, 0.05) is 12.1 Å². The molecule has 1 unspecified atom stereocenters. The first-order valence-corrected chi connectivity index (χ1v) is 9.09. The normalized spacial score (nSPS) is 16.8. The Kier molecular flexibility index (Phi) is 5.91. The summed E-state index contributed by atoms with van der Waals surface area (Å²) in [5.41, 5.74) is 0.700. The van der Waals surface area contributed by atoms with Gasteiger partial charge in [-0.2, -0.15) is 0 Å². The Hall–Kier alpha value is -2.77. The van der Waals surface area contributed by atoms with E-state index in [1.54, 1.807) is 59.7 Å². The molecule has 1 aliphatic rings. The van der Waals surface area contributed by atoms with Crippen LogP contribution in [0.15, 0.2) is 18.2 Å². The van der Waals surface area contributed by atoms with Crippen LogP contribution in [0.4, 0.5) is 15.3 Å². The molecule has 0 aliphatic carbocycles. The number of benzene rings is 1. The van der Waals surface area contributed by atoms with Gasteiger partial charge < -0.3 is 14.6 Å². The van der Waals surface area contributed by atoms with Crippen molar-refractivity contribution in [3.63, 3.8) is 0 Å². The third kappa shape index (κ3) is 5.87. The van der Waals surface area contributed by atoms with Gasteiger partial charge >= 0.3 is 18.2 Å². The molecule has 2 rings (SSSR count). The van der Waals surface area contributed by atoms with Crippen LogP contribution in [0.3, 0.4) is 0 Å². The van der Waals surface area contributed by atoms with E-state index in [0.717, 1.165) is 11.1 Å². The number of carbonyl (C=O) groups is 3. The average Bonchev–Trinajstić information content (AvgIpc) is 2.49.